The van der Waals surface area contributed by atoms with Crippen molar-refractivity contribution in [2.75, 3.05) is 17.2 Å². The number of fused-ring (bicyclic) bond motifs is 1. The first-order chi connectivity index (χ1) is 13.7. The zero-order valence-corrected chi connectivity index (χ0v) is 16.5. The van der Waals surface area contributed by atoms with Gasteiger partial charge in [0.25, 0.3) is 0 Å². The van der Waals surface area contributed by atoms with Gasteiger partial charge in [0.05, 0.1) is 16.8 Å². The molecule has 0 radical (unpaired) electrons. The van der Waals surface area contributed by atoms with Gasteiger partial charge in [0, 0.05) is 31.5 Å². The van der Waals surface area contributed by atoms with Gasteiger partial charge in [-0.15, -0.1) is 0 Å². The lowest BCUT2D eigenvalue weighted by molar-refractivity contribution is 0.191. The molecule has 0 amide bonds. The highest BCUT2D eigenvalue weighted by Crippen LogP contribution is 2.23. The molecular weight excluding hydrogens is 420 g/mol. The van der Waals surface area contributed by atoms with Crippen molar-refractivity contribution < 1.29 is 5.11 Å². The molecule has 0 bridgehead atoms. The Labute approximate surface area is 170 Å². The number of anilines is 2. The van der Waals surface area contributed by atoms with Gasteiger partial charge in [-0.05, 0) is 33.1 Å². The first-order valence-corrected chi connectivity index (χ1v) is 9.64. The van der Waals surface area contributed by atoms with Crippen LogP contribution in [0.3, 0.4) is 0 Å². The molecule has 0 aliphatic carbocycles. The van der Waals surface area contributed by atoms with Crippen molar-refractivity contribution in [3.8, 4) is 0 Å². The maximum absolute atomic E-state index is 10.4. The van der Waals surface area contributed by atoms with Crippen LogP contribution in [0.4, 0.5) is 11.6 Å². The Morgan fingerprint density at radius 3 is 2.71 bits per heavy atom. The molecule has 4 aromatic rings. The van der Waals surface area contributed by atoms with E-state index in [4.69, 9.17) is 0 Å². The SMILES string of the molecule is OC(CNc1cc(NCc2cccnc2)n2ncc(Br)c2n1)c1ccccc1. The summed E-state index contributed by atoms with van der Waals surface area (Å²) >= 11 is 3.49. The predicted molar refractivity (Wildman–Crippen MR) is 112 cm³/mol. The molecule has 1 atom stereocenters. The van der Waals surface area contributed by atoms with E-state index in [2.05, 4.69) is 41.6 Å². The van der Waals surface area contributed by atoms with Crippen LogP contribution in [0, 0.1) is 0 Å². The smallest absolute Gasteiger partial charge is 0.173 e. The maximum atomic E-state index is 10.4. The molecule has 7 nitrogen and oxygen atoms in total. The van der Waals surface area contributed by atoms with E-state index < -0.39 is 6.10 Å². The molecule has 0 fully saturated rings. The summed E-state index contributed by atoms with van der Waals surface area (Å²) in [7, 11) is 0. The largest absolute Gasteiger partial charge is 0.387 e. The van der Waals surface area contributed by atoms with Gasteiger partial charge < -0.3 is 15.7 Å². The molecule has 3 heterocycles. The number of benzene rings is 1. The third-order valence-corrected chi connectivity index (χ3v) is 4.85. The lowest BCUT2D eigenvalue weighted by Crippen LogP contribution is -2.14. The molecule has 0 spiro atoms. The Kier molecular flexibility index (Phi) is 5.50. The fourth-order valence-electron chi connectivity index (χ4n) is 2.84. The summed E-state index contributed by atoms with van der Waals surface area (Å²) < 4.78 is 2.53. The number of hydrogen-bond donors (Lipinski definition) is 3. The molecular formula is C20H19BrN6O. The van der Waals surface area contributed by atoms with Gasteiger partial charge in [0.15, 0.2) is 5.65 Å². The zero-order chi connectivity index (χ0) is 19.3. The highest BCUT2D eigenvalue weighted by Gasteiger charge is 2.12. The van der Waals surface area contributed by atoms with Crippen LogP contribution in [0.5, 0.6) is 0 Å². The molecule has 28 heavy (non-hydrogen) atoms. The highest BCUT2D eigenvalue weighted by molar-refractivity contribution is 9.10. The monoisotopic (exact) mass is 438 g/mol. The third-order valence-electron chi connectivity index (χ3n) is 4.29. The first kappa shape index (κ1) is 18.4. The molecule has 8 heteroatoms. The van der Waals surface area contributed by atoms with Crippen LogP contribution in [-0.4, -0.2) is 31.2 Å². The van der Waals surface area contributed by atoms with Gasteiger partial charge in [0.2, 0.25) is 0 Å². The van der Waals surface area contributed by atoms with Crippen molar-refractivity contribution in [3.63, 3.8) is 0 Å². The lowest BCUT2D eigenvalue weighted by Gasteiger charge is -2.15. The van der Waals surface area contributed by atoms with Crippen LogP contribution in [0.1, 0.15) is 17.2 Å². The van der Waals surface area contributed by atoms with Gasteiger partial charge in [-0.1, -0.05) is 36.4 Å². The predicted octanol–water partition coefficient (Wildman–Crippen LogP) is 3.64. The van der Waals surface area contributed by atoms with Crippen molar-refractivity contribution in [2.24, 2.45) is 0 Å². The summed E-state index contributed by atoms with van der Waals surface area (Å²) in [6.45, 7) is 0.956. The third kappa shape index (κ3) is 4.13. The fraction of sp³-hybridized carbons (Fsp3) is 0.150. The first-order valence-electron chi connectivity index (χ1n) is 8.84. The van der Waals surface area contributed by atoms with Crippen LogP contribution >= 0.6 is 15.9 Å². The van der Waals surface area contributed by atoms with E-state index in [0.717, 1.165) is 21.4 Å². The van der Waals surface area contributed by atoms with Crippen LogP contribution in [0.2, 0.25) is 0 Å². The molecule has 0 aliphatic heterocycles. The normalized spacial score (nSPS) is 12.1. The average Bonchev–Trinajstić information content (AvgIpc) is 3.12. The Morgan fingerprint density at radius 2 is 1.93 bits per heavy atom. The summed E-state index contributed by atoms with van der Waals surface area (Å²) in [5, 5.41) is 21.3. The maximum Gasteiger partial charge on any atom is 0.173 e. The van der Waals surface area contributed by atoms with Gasteiger partial charge in [-0.3, -0.25) is 4.98 Å². The number of pyridine rings is 1. The van der Waals surface area contributed by atoms with Crippen LogP contribution in [0.25, 0.3) is 5.65 Å². The van der Waals surface area contributed by atoms with E-state index >= 15 is 0 Å². The Hall–Kier alpha value is -2.97. The van der Waals surface area contributed by atoms with E-state index in [1.165, 1.54) is 0 Å². The summed E-state index contributed by atoms with van der Waals surface area (Å²) in [5.41, 5.74) is 2.61. The van der Waals surface area contributed by atoms with Gasteiger partial charge in [-0.2, -0.15) is 9.61 Å². The van der Waals surface area contributed by atoms with Crippen LogP contribution in [-0.2, 0) is 6.54 Å². The summed E-state index contributed by atoms with van der Waals surface area (Å²) in [4.78, 5) is 8.73. The van der Waals surface area contributed by atoms with E-state index in [-0.39, 0.29) is 0 Å². The summed E-state index contributed by atoms with van der Waals surface area (Å²) in [6, 6.07) is 15.3. The second-order valence-electron chi connectivity index (χ2n) is 6.28. The van der Waals surface area contributed by atoms with E-state index in [1.54, 1.807) is 16.9 Å². The molecule has 3 aromatic heterocycles. The fourth-order valence-corrected chi connectivity index (χ4v) is 3.19. The highest BCUT2D eigenvalue weighted by atomic mass is 79.9. The zero-order valence-electron chi connectivity index (χ0n) is 15.0. The van der Waals surface area contributed by atoms with E-state index in [1.807, 2.05) is 54.7 Å². The van der Waals surface area contributed by atoms with Crippen molar-refractivity contribution in [1.82, 2.24) is 19.6 Å². The Bertz CT molecular complexity index is 1050. The minimum atomic E-state index is -0.626. The van der Waals surface area contributed by atoms with E-state index in [9.17, 15) is 5.11 Å². The number of hydrogen-bond acceptors (Lipinski definition) is 6. The van der Waals surface area contributed by atoms with E-state index in [0.29, 0.717) is 24.6 Å². The summed E-state index contributed by atoms with van der Waals surface area (Å²) in [6.07, 6.45) is 4.65. The van der Waals surface area contributed by atoms with Gasteiger partial charge >= 0.3 is 0 Å². The molecule has 4 rings (SSSR count). The molecule has 1 unspecified atom stereocenters. The molecule has 0 saturated carbocycles. The number of nitrogens with one attached hydrogen (secondary N) is 2. The van der Waals surface area contributed by atoms with Crippen molar-refractivity contribution >= 4 is 33.2 Å². The Balaban J connectivity index is 1.54. The number of aliphatic hydroxyl groups is 1. The number of rotatable bonds is 7. The van der Waals surface area contributed by atoms with Crippen molar-refractivity contribution in [3.05, 3.63) is 82.7 Å². The van der Waals surface area contributed by atoms with Crippen LogP contribution in [0.15, 0.2) is 71.6 Å². The number of nitrogens with zero attached hydrogens (tertiary/aromatic N) is 4. The molecule has 142 valence electrons. The average molecular weight is 439 g/mol. The van der Waals surface area contributed by atoms with Crippen molar-refractivity contribution in [2.45, 2.75) is 12.6 Å². The molecule has 0 saturated heterocycles. The quantitative estimate of drug-likeness (QED) is 0.408. The molecule has 1 aromatic carbocycles. The minimum Gasteiger partial charge on any atom is -0.387 e. The number of aliphatic hydroxyl groups excluding tert-OH is 1. The van der Waals surface area contributed by atoms with Gasteiger partial charge in [-0.25, -0.2) is 4.98 Å². The Morgan fingerprint density at radius 1 is 1.07 bits per heavy atom. The van der Waals surface area contributed by atoms with Crippen LogP contribution < -0.4 is 10.6 Å². The topological polar surface area (TPSA) is 87.4 Å². The second-order valence-corrected chi connectivity index (χ2v) is 7.13. The second kappa shape index (κ2) is 8.37. The van der Waals surface area contributed by atoms with Crippen molar-refractivity contribution in [1.29, 1.82) is 0 Å². The summed E-state index contributed by atoms with van der Waals surface area (Å²) in [5.74, 6) is 1.44. The number of halogens is 1. The minimum absolute atomic E-state index is 0.348. The molecule has 3 N–H and O–H groups in total. The number of aromatic nitrogens is 4. The standard InChI is InChI=1S/C20H19BrN6O/c21-16-12-25-27-19(24-11-14-5-4-8-22-10-14)9-18(26-20(16)27)23-13-17(28)15-6-2-1-3-7-15/h1-10,12,17,24,28H,11,13H2,(H,23,26). The molecule has 0 aliphatic rings. The van der Waals surface area contributed by atoms with Gasteiger partial charge in [0.1, 0.15) is 11.6 Å². The lowest BCUT2D eigenvalue weighted by atomic mass is 10.1.